The van der Waals surface area contributed by atoms with Crippen LogP contribution >= 0.6 is 0 Å². The number of carbonyl (C=O) groups is 1. The van der Waals surface area contributed by atoms with Crippen LogP contribution in [0.2, 0.25) is 0 Å². The summed E-state index contributed by atoms with van der Waals surface area (Å²) in [7, 11) is 0. The van der Waals surface area contributed by atoms with Gasteiger partial charge in [0.05, 0.1) is 11.4 Å². The Morgan fingerprint density at radius 3 is 2.76 bits per heavy atom. The van der Waals surface area contributed by atoms with E-state index in [0.717, 1.165) is 0 Å². The third kappa shape index (κ3) is 2.97. The van der Waals surface area contributed by atoms with E-state index in [0.29, 0.717) is 11.4 Å². The Balaban J connectivity index is 2.20. The van der Waals surface area contributed by atoms with E-state index >= 15 is 0 Å². The molecule has 86 valence electrons. The van der Waals surface area contributed by atoms with Gasteiger partial charge in [-0.05, 0) is 18.2 Å². The van der Waals surface area contributed by atoms with Crippen molar-refractivity contribution in [2.45, 2.75) is 0 Å². The lowest BCUT2D eigenvalue weighted by molar-refractivity contribution is -0.134. The summed E-state index contributed by atoms with van der Waals surface area (Å²) in [5, 5.41) is 11.1. The summed E-state index contributed by atoms with van der Waals surface area (Å²) in [6, 6.07) is 7.21. The molecule has 0 amide bonds. The topological polar surface area (TPSA) is 88.0 Å². The molecule has 0 bridgehead atoms. The third-order valence-electron chi connectivity index (χ3n) is 1.98. The Bertz CT molecular complexity index is 516. The molecule has 0 saturated carbocycles. The van der Waals surface area contributed by atoms with Crippen LogP contribution in [0.1, 0.15) is 0 Å². The van der Waals surface area contributed by atoms with Crippen LogP contribution in [-0.2, 0) is 4.79 Å². The van der Waals surface area contributed by atoms with Gasteiger partial charge in [-0.25, -0.2) is 9.97 Å². The molecule has 0 saturated heterocycles. The molecule has 2 aromatic heterocycles. The van der Waals surface area contributed by atoms with Crippen LogP contribution < -0.4 is 5.32 Å². The van der Waals surface area contributed by atoms with Gasteiger partial charge in [-0.3, -0.25) is 9.78 Å². The van der Waals surface area contributed by atoms with E-state index in [1.54, 1.807) is 18.5 Å². The van der Waals surface area contributed by atoms with Gasteiger partial charge in [0.2, 0.25) is 5.95 Å². The van der Waals surface area contributed by atoms with E-state index in [-0.39, 0.29) is 12.5 Å². The minimum atomic E-state index is -0.961. The molecular formula is C11H10N4O2. The summed E-state index contributed by atoms with van der Waals surface area (Å²) in [6.45, 7) is -0.217. The van der Waals surface area contributed by atoms with Gasteiger partial charge in [0.25, 0.3) is 0 Å². The maximum Gasteiger partial charge on any atom is 0.322 e. The molecule has 6 nitrogen and oxygen atoms in total. The van der Waals surface area contributed by atoms with E-state index in [4.69, 9.17) is 5.11 Å². The second-order valence-corrected chi connectivity index (χ2v) is 3.23. The molecule has 2 rings (SSSR count). The zero-order chi connectivity index (χ0) is 12.1. The maximum atomic E-state index is 10.4. The SMILES string of the molecule is O=C(O)CNc1nccc(-c2ccccn2)n1. The van der Waals surface area contributed by atoms with Crippen molar-refractivity contribution in [3.05, 3.63) is 36.7 Å². The zero-order valence-electron chi connectivity index (χ0n) is 8.87. The number of carboxylic acid groups (broad SMARTS) is 1. The van der Waals surface area contributed by atoms with Gasteiger partial charge in [-0.1, -0.05) is 6.07 Å². The summed E-state index contributed by atoms with van der Waals surface area (Å²) in [4.78, 5) is 22.6. The molecule has 2 aromatic rings. The van der Waals surface area contributed by atoms with Gasteiger partial charge in [-0.15, -0.1) is 0 Å². The predicted octanol–water partition coefficient (Wildman–Crippen LogP) is 1.04. The second-order valence-electron chi connectivity index (χ2n) is 3.23. The molecule has 0 unspecified atom stereocenters. The maximum absolute atomic E-state index is 10.4. The van der Waals surface area contributed by atoms with Crippen molar-refractivity contribution in [1.29, 1.82) is 0 Å². The first kappa shape index (κ1) is 11.0. The minimum absolute atomic E-state index is 0.217. The van der Waals surface area contributed by atoms with E-state index < -0.39 is 5.97 Å². The van der Waals surface area contributed by atoms with Crippen molar-refractivity contribution in [2.75, 3.05) is 11.9 Å². The van der Waals surface area contributed by atoms with Crippen molar-refractivity contribution in [3.8, 4) is 11.4 Å². The van der Waals surface area contributed by atoms with Crippen LogP contribution in [0, 0.1) is 0 Å². The highest BCUT2D eigenvalue weighted by Gasteiger charge is 2.03. The van der Waals surface area contributed by atoms with Gasteiger partial charge in [0, 0.05) is 12.4 Å². The number of nitrogens with zero attached hydrogens (tertiary/aromatic N) is 3. The Morgan fingerprint density at radius 2 is 2.06 bits per heavy atom. The summed E-state index contributed by atoms with van der Waals surface area (Å²) in [6.07, 6.45) is 3.23. The first-order valence-electron chi connectivity index (χ1n) is 4.96. The molecule has 0 aliphatic heterocycles. The first-order chi connectivity index (χ1) is 8.25. The second kappa shape index (κ2) is 5.02. The van der Waals surface area contributed by atoms with E-state index in [1.165, 1.54) is 0 Å². The molecule has 0 aromatic carbocycles. The van der Waals surface area contributed by atoms with E-state index in [1.807, 2.05) is 18.2 Å². The lowest BCUT2D eigenvalue weighted by Gasteiger charge is -2.03. The minimum Gasteiger partial charge on any atom is -0.480 e. The fraction of sp³-hybridized carbons (Fsp3) is 0.0909. The number of rotatable bonds is 4. The van der Waals surface area contributed by atoms with Crippen molar-refractivity contribution < 1.29 is 9.90 Å². The molecule has 0 radical (unpaired) electrons. The van der Waals surface area contributed by atoms with Crippen molar-refractivity contribution in [2.24, 2.45) is 0 Å². The number of anilines is 1. The zero-order valence-corrected chi connectivity index (χ0v) is 8.87. The fourth-order valence-corrected chi connectivity index (χ4v) is 1.26. The normalized spacial score (nSPS) is 9.88. The number of pyridine rings is 1. The smallest absolute Gasteiger partial charge is 0.322 e. The summed E-state index contributed by atoms with van der Waals surface area (Å²) >= 11 is 0. The number of carboxylic acids is 1. The molecule has 0 spiro atoms. The van der Waals surface area contributed by atoms with Crippen molar-refractivity contribution in [1.82, 2.24) is 15.0 Å². The predicted molar refractivity (Wildman–Crippen MR) is 61.4 cm³/mol. The molecule has 0 aliphatic carbocycles. The number of aliphatic carboxylic acids is 1. The number of aromatic nitrogens is 3. The van der Waals surface area contributed by atoms with Crippen LogP contribution in [0.4, 0.5) is 5.95 Å². The first-order valence-corrected chi connectivity index (χ1v) is 4.96. The Hall–Kier alpha value is -2.50. The summed E-state index contributed by atoms with van der Waals surface area (Å²) < 4.78 is 0. The lowest BCUT2D eigenvalue weighted by atomic mass is 10.3. The van der Waals surface area contributed by atoms with E-state index in [2.05, 4.69) is 20.3 Å². The average molecular weight is 230 g/mol. The van der Waals surface area contributed by atoms with Crippen LogP contribution in [0.15, 0.2) is 36.7 Å². The Morgan fingerprint density at radius 1 is 1.18 bits per heavy atom. The third-order valence-corrected chi connectivity index (χ3v) is 1.98. The van der Waals surface area contributed by atoms with Crippen LogP contribution in [0.3, 0.4) is 0 Å². The van der Waals surface area contributed by atoms with Gasteiger partial charge < -0.3 is 10.4 Å². The van der Waals surface area contributed by atoms with Crippen LogP contribution in [-0.4, -0.2) is 32.6 Å². The average Bonchev–Trinajstić information content (AvgIpc) is 2.38. The lowest BCUT2D eigenvalue weighted by Crippen LogP contribution is -2.14. The summed E-state index contributed by atoms with van der Waals surface area (Å²) in [5.74, 6) is -0.688. The highest BCUT2D eigenvalue weighted by Crippen LogP contribution is 2.13. The molecule has 6 heteroatoms. The van der Waals surface area contributed by atoms with Gasteiger partial charge in [-0.2, -0.15) is 0 Å². The number of hydrogen-bond donors (Lipinski definition) is 2. The van der Waals surface area contributed by atoms with Crippen molar-refractivity contribution >= 4 is 11.9 Å². The van der Waals surface area contributed by atoms with Crippen LogP contribution in [0.25, 0.3) is 11.4 Å². The Kier molecular flexibility index (Phi) is 3.25. The highest BCUT2D eigenvalue weighted by atomic mass is 16.4. The quantitative estimate of drug-likeness (QED) is 0.815. The van der Waals surface area contributed by atoms with Gasteiger partial charge in [0.1, 0.15) is 6.54 Å². The van der Waals surface area contributed by atoms with Crippen LogP contribution in [0.5, 0.6) is 0 Å². The van der Waals surface area contributed by atoms with Crippen molar-refractivity contribution in [3.63, 3.8) is 0 Å². The Labute approximate surface area is 97.4 Å². The number of nitrogens with one attached hydrogen (secondary N) is 1. The largest absolute Gasteiger partial charge is 0.480 e. The van der Waals surface area contributed by atoms with Gasteiger partial charge in [0.15, 0.2) is 0 Å². The molecule has 2 heterocycles. The molecular weight excluding hydrogens is 220 g/mol. The monoisotopic (exact) mass is 230 g/mol. The summed E-state index contributed by atoms with van der Waals surface area (Å²) in [5.41, 5.74) is 1.36. The van der Waals surface area contributed by atoms with Gasteiger partial charge >= 0.3 is 5.97 Å². The molecule has 0 aliphatic rings. The molecule has 17 heavy (non-hydrogen) atoms. The molecule has 0 fully saturated rings. The fourth-order valence-electron chi connectivity index (χ4n) is 1.26. The highest BCUT2D eigenvalue weighted by molar-refractivity contribution is 5.72. The van der Waals surface area contributed by atoms with E-state index in [9.17, 15) is 4.79 Å². The standard InChI is InChI=1S/C11H10N4O2/c16-10(17)7-14-11-13-6-4-9(15-11)8-3-1-2-5-12-8/h1-6H,7H2,(H,16,17)(H,13,14,15). The molecule has 2 N–H and O–H groups in total. The molecule has 0 atom stereocenters. The number of hydrogen-bond acceptors (Lipinski definition) is 5.